The Kier molecular flexibility index (Phi) is 2.86. The molecule has 0 aliphatic carbocycles. The molecule has 0 aliphatic heterocycles. The molecule has 0 N–H and O–H groups in total. The predicted molar refractivity (Wildman–Crippen MR) is 61.2 cm³/mol. The normalized spacial score (nSPS) is 10.7. The second-order valence-corrected chi connectivity index (χ2v) is 3.90. The fraction of sp³-hybridized carbons (Fsp3) is 0.200. The quantitative estimate of drug-likeness (QED) is 0.714. The van der Waals surface area contributed by atoms with Crippen LogP contribution in [0.3, 0.4) is 0 Å². The predicted octanol–water partition coefficient (Wildman–Crippen LogP) is 1.89. The molecule has 1 aromatic carbocycles. The molecule has 14 heavy (non-hydrogen) atoms. The molecule has 0 bridgehead atoms. The van der Waals surface area contributed by atoms with E-state index in [2.05, 4.69) is 17.5 Å². The highest BCUT2D eigenvalue weighted by atomic mass is 32.1. The molecule has 1 aromatic heterocycles. The maximum Gasteiger partial charge on any atom is 0.494 e. The van der Waals surface area contributed by atoms with Crippen LogP contribution in [0.5, 0.6) is 0 Å². The van der Waals surface area contributed by atoms with E-state index in [4.69, 9.17) is 9.31 Å². The molecule has 0 unspecified atom stereocenters. The van der Waals surface area contributed by atoms with Crippen LogP contribution >= 0.6 is 11.3 Å². The number of hydrogen-bond donors (Lipinski definition) is 0. The van der Waals surface area contributed by atoms with Gasteiger partial charge in [0.15, 0.2) is 0 Å². The molecule has 2 nitrogen and oxygen atoms in total. The Bertz CT molecular complexity index is 423. The van der Waals surface area contributed by atoms with Crippen molar-refractivity contribution < 1.29 is 9.31 Å². The monoisotopic (exact) mass is 206 g/mol. The van der Waals surface area contributed by atoms with Gasteiger partial charge in [-0.25, -0.2) is 0 Å². The minimum Gasteiger partial charge on any atom is -0.410 e. The van der Waals surface area contributed by atoms with Crippen molar-refractivity contribution in [3.05, 3.63) is 29.6 Å². The van der Waals surface area contributed by atoms with Crippen LogP contribution in [0.2, 0.25) is 0 Å². The van der Waals surface area contributed by atoms with Crippen LogP contribution in [0, 0.1) is 0 Å². The third-order valence-electron chi connectivity index (χ3n) is 2.19. The van der Waals surface area contributed by atoms with Gasteiger partial charge < -0.3 is 9.31 Å². The highest BCUT2D eigenvalue weighted by Gasteiger charge is 2.21. The van der Waals surface area contributed by atoms with Gasteiger partial charge in [-0.1, -0.05) is 18.2 Å². The first-order chi connectivity index (χ1) is 6.86. The van der Waals surface area contributed by atoms with E-state index in [-0.39, 0.29) is 7.12 Å². The summed E-state index contributed by atoms with van der Waals surface area (Å²) in [4.78, 5) is 0. The van der Waals surface area contributed by atoms with Crippen molar-refractivity contribution in [3.8, 4) is 0 Å². The summed E-state index contributed by atoms with van der Waals surface area (Å²) in [5.41, 5.74) is 1.11. The van der Waals surface area contributed by atoms with Gasteiger partial charge in [0.2, 0.25) is 0 Å². The Hall–Kier alpha value is -0.835. The maximum absolute atomic E-state index is 5.24. The minimum atomic E-state index is -0.258. The highest BCUT2D eigenvalue weighted by molar-refractivity contribution is 7.18. The van der Waals surface area contributed by atoms with Crippen molar-refractivity contribution in [2.24, 2.45) is 0 Å². The Morgan fingerprint density at radius 2 is 1.86 bits per heavy atom. The Morgan fingerprint density at radius 3 is 2.57 bits per heavy atom. The van der Waals surface area contributed by atoms with Gasteiger partial charge in [0.1, 0.15) is 0 Å². The van der Waals surface area contributed by atoms with Crippen LogP contribution in [-0.2, 0) is 9.31 Å². The molecular formula is C10H11BO2S. The summed E-state index contributed by atoms with van der Waals surface area (Å²) in [6.07, 6.45) is 0. The topological polar surface area (TPSA) is 18.5 Å². The summed E-state index contributed by atoms with van der Waals surface area (Å²) < 4.78 is 11.7. The largest absolute Gasteiger partial charge is 0.494 e. The first-order valence-electron chi connectivity index (χ1n) is 4.38. The molecule has 0 radical (unpaired) electrons. The lowest BCUT2D eigenvalue weighted by atomic mass is 9.79. The lowest BCUT2D eigenvalue weighted by molar-refractivity contribution is 0.292. The van der Waals surface area contributed by atoms with Crippen molar-refractivity contribution in [2.75, 3.05) is 14.2 Å². The summed E-state index contributed by atoms with van der Waals surface area (Å²) in [6.45, 7) is 0. The minimum absolute atomic E-state index is 0.258. The van der Waals surface area contributed by atoms with Gasteiger partial charge in [-0.05, 0) is 16.8 Å². The van der Waals surface area contributed by atoms with Crippen LogP contribution < -0.4 is 5.46 Å². The van der Waals surface area contributed by atoms with E-state index in [9.17, 15) is 0 Å². The summed E-state index contributed by atoms with van der Waals surface area (Å²) in [5.74, 6) is 0. The SMILES string of the molecule is COB(OC)c1csc2ccccc12. The molecule has 2 aromatic rings. The zero-order chi connectivity index (χ0) is 9.97. The maximum atomic E-state index is 5.24. The fourth-order valence-corrected chi connectivity index (χ4v) is 2.49. The van der Waals surface area contributed by atoms with Crippen molar-refractivity contribution >= 4 is 34.0 Å². The molecule has 2 rings (SSSR count). The number of hydrogen-bond acceptors (Lipinski definition) is 3. The van der Waals surface area contributed by atoms with Gasteiger partial charge in [0, 0.05) is 24.4 Å². The summed E-state index contributed by atoms with van der Waals surface area (Å²) in [7, 11) is 3.05. The molecule has 0 saturated carbocycles. The number of thiophene rings is 1. The zero-order valence-corrected chi connectivity index (χ0v) is 9.01. The fourth-order valence-electron chi connectivity index (χ4n) is 1.53. The first kappa shape index (κ1) is 9.71. The third-order valence-corrected chi connectivity index (χ3v) is 3.17. The van der Waals surface area contributed by atoms with E-state index in [1.165, 1.54) is 10.1 Å². The Labute approximate surface area is 87.6 Å². The molecule has 0 saturated heterocycles. The van der Waals surface area contributed by atoms with E-state index in [1.54, 1.807) is 25.6 Å². The first-order valence-corrected chi connectivity index (χ1v) is 5.26. The van der Waals surface area contributed by atoms with E-state index >= 15 is 0 Å². The standard InChI is InChI=1S/C10H11BO2S/c1-12-11(13-2)9-7-14-10-6-4-3-5-8(9)10/h3-7H,1-2H3. The summed E-state index contributed by atoms with van der Waals surface area (Å²) >= 11 is 1.71. The van der Waals surface area contributed by atoms with Crippen molar-refractivity contribution in [2.45, 2.75) is 0 Å². The van der Waals surface area contributed by atoms with E-state index in [1.807, 2.05) is 12.1 Å². The van der Waals surface area contributed by atoms with Crippen LogP contribution in [0.15, 0.2) is 29.6 Å². The number of fused-ring (bicyclic) bond motifs is 1. The van der Waals surface area contributed by atoms with E-state index < -0.39 is 0 Å². The van der Waals surface area contributed by atoms with Crippen LogP contribution in [0.1, 0.15) is 0 Å². The molecule has 0 amide bonds. The molecule has 0 atom stereocenters. The molecule has 4 heteroatoms. The summed E-state index contributed by atoms with van der Waals surface area (Å²) in [6, 6.07) is 8.26. The summed E-state index contributed by atoms with van der Waals surface area (Å²) in [5, 5.41) is 3.30. The average Bonchev–Trinajstić information content (AvgIpc) is 2.65. The molecular weight excluding hydrogens is 195 g/mol. The number of rotatable bonds is 3. The Morgan fingerprint density at radius 1 is 1.14 bits per heavy atom. The Balaban J connectivity index is 2.51. The van der Waals surface area contributed by atoms with Crippen molar-refractivity contribution in [1.29, 1.82) is 0 Å². The van der Waals surface area contributed by atoms with Crippen LogP contribution in [-0.4, -0.2) is 21.3 Å². The van der Waals surface area contributed by atoms with Gasteiger partial charge in [-0.15, -0.1) is 11.3 Å². The molecule has 0 fully saturated rings. The zero-order valence-electron chi connectivity index (χ0n) is 8.19. The van der Waals surface area contributed by atoms with Crippen molar-refractivity contribution in [3.63, 3.8) is 0 Å². The molecule has 0 aliphatic rings. The molecule has 1 heterocycles. The smallest absolute Gasteiger partial charge is 0.410 e. The van der Waals surface area contributed by atoms with E-state index in [0.29, 0.717) is 0 Å². The second kappa shape index (κ2) is 4.13. The van der Waals surface area contributed by atoms with Gasteiger partial charge >= 0.3 is 7.12 Å². The van der Waals surface area contributed by atoms with Gasteiger partial charge in [0.05, 0.1) is 0 Å². The van der Waals surface area contributed by atoms with Gasteiger partial charge in [0.25, 0.3) is 0 Å². The number of benzene rings is 1. The van der Waals surface area contributed by atoms with Crippen LogP contribution in [0.4, 0.5) is 0 Å². The van der Waals surface area contributed by atoms with E-state index in [0.717, 1.165) is 5.46 Å². The molecule has 0 spiro atoms. The van der Waals surface area contributed by atoms with Crippen LogP contribution in [0.25, 0.3) is 10.1 Å². The lowest BCUT2D eigenvalue weighted by Crippen LogP contribution is -2.33. The second-order valence-electron chi connectivity index (χ2n) is 2.99. The third kappa shape index (κ3) is 1.56. The average molecular weight is 206 g/mol. The van der Waals surface area contributed by atoms with Crippen molar-refractivity contribution in [1.82, 2.24) is 0 Å². The highest BCUT2D eigenvalue weighted by Crippen LogP contribution is 2.18. The molecule has 72 valence electrons. The lowest BCUT2D eigenvalue weighted by Gasteiger charge is -2.06. The van der Waals surface area contributed by atoms with Gasteiger partial charge in [-0.2, -0.15) is 0 Å². The van der Waals surface area contributed by atoms with Gasteiger partial charge in [-0.3, -0.25) is 0 Å².